The molecule has 2 aromatic carbocycles. The van der Waals surface area contributed by atoms with Crippen LogP contribution in [0.15, 0.2) is 54.6 Å². The Morgan fingerprint density at radius 3 is 2.74 bits per heavy atom. The average Bonchev–Trinajstić information content (AvgIpc) is 2.63. The van der Waals surface area contributed by atoms with E-state index in [1.807, 2.05) is 66.7 Å². The van der Waals surface area contributed by atoms with Crippen molar-refractivity contribution in [2.45, 2.75) is 12.8 Å². The second-order valence-electron chi connectivity index (χ2n) is 5.80. The number of aromatic nitrogens is 1. The zero-order valence-electron chi connectivity index (χ0n) is 15.0. The fourth-order valence-electron chi connectivity index (χ4n) is 2.50. The molecule has 6 heteroatoms. The number of fused-ring (bicyclic) bond motifs is 1. The molecule has 0 atom stereocenters. The van der Waals surface area contributed by atoms with Gasteiger partial charge >= 0.3 is 29.6 Å². The summed E-state index contributed by atoms with van der Waals surface area (Å²) in [6.45, 7) is 0.341. The zero-order valence-corrected chi connectivity index (χ0v) is 17.8. The second-order valence-corrected chi connectivity index (χ2v) is 6.24. The topological polar surface area (TPSA) is 62.2 Å². The number of hydrogen-bond donors (Lipinski definition) is 0. The summed E-state index contributed by atoms with van der Waals surface area (Å²) in [6, 6.07) is 17.2. The molecule has 0 aliphatic heterocycles. The minimum absolute atomic E-state index is 0. The third-order valence-electron chi connectivity index (χ3n) is 3.77. The monoisotopic (exact) mass is 389 g/mol. The number of ether oxygens (including phenoxy) is 1. The molecular formula is C21H17ClNNaO3. The Balaban J connectivity index is 0.00000261. The minimum atomic E-state index is -1.06. The molecule has 0 aliphatic rings. The first-order chi connectivity index (χ1) is 12.6. The summed E-state index contributed by atoms with van der Waals surface area (Å²) in [5.74, 6) is -0.363. The third kappa shape index (κ3) is 6.67. The molecule has 0 unspecified atom stereocenters. The van der Waals surface area contributed by atoms with Gasteiger partial charge in [-0.1, -0.05) is 41.9 Å². The van der Waals surface area contributed by atoms with Crippen molar-refractivity contribution in [1.29, 1.82) is 0 Å². The van der Waals surface area contributed by atoms with Gasteiger partial charge in [0.2, 0.25) is 0 Å². The van der Waals surface area contributed by atoms with Crippen molar-refractivity contribution in [2.75, 3.05) is 6.61 Å². The van der Waals surface area contributed by atoms with Crippen molar-refractivity contribution in [3.05, 3.63) is 70.9 Å². The summed E-state index contributed by atoms with van der Waals surface area (Å²) in [5.41, 5.74) is 2.65. The SMILES string of the molecule is O=C([O-])CCCOc1cccc(/C=C/c2ccc3ccc(Cl)cc3n2)c1.[Na+]. The molecule has 0 amide bonds. The van der Waals surface area contributed by atoms with Gasteiger partial charge in [-0.25, -0.2) is 4.98 Å². The Labute approximate surface area is 185 Å². The van der Waals surface area contributed by atoms with Crippen molar-refractivity contribution in [1.82, 2.24) is 4.98 Å². The summed E-state index contributed by atoms with van der Waals surface area (Å²) in [7, 11) is 0. The van der Waals surface area contributed by atoms with Crippen LogP contribution in [0.5, 0.6) is 5.75 Å². The molecule has 132 valence electrons. The summed E-state index contributed by atoms with van der Waals surface area (Å²) in [5, 5.41) is 12.1. The standard InChI is InChI=1S/C21H18ClNO3.Na/c22-17-9-7-16-8-11-18(23-20(16)14-17)10-6-15-3-1-4-19(13-15)26-12-2-5-21(24)25;/h1,3-4,6-11,13-14H,2,5,12H2,(H,24,25);/q;+1/p-1/b10-6+;. The Kier molecular flexibility index (Phi) is 8.32. The molecule has 4 nitrogen and oxygen atoms in total. The van der Waals surface area contributed by atoms with E-state index in [0.717, 1.165) is 22.2 Å². The van der Waals surface area contributed by atoms with Gasteiger partial charge in [0.1, 0.15) is 5.75 Å². The largest absolute Gasteiger partial charge is 1.00 e. The van der Waals surface area contributed by atoms with Crippen molar-refractivity contribution in [3.8, 4) is 5.75 Å². The Bertz CT molecular complexity index is 959. The number of carboxylic acid groups (broad SMARTS) is 1. The number of carbonyl (C=O) groups excluding carboxylic acids is 1. The van der Waals surface area contributed by atoms with Crippen molar-refractivity contribution >= 4 is 40.6 Å². The van der Waals surface area contributed by atoms with Gasteiger partial charge in [0.25, 0.3) is 0 Å². The third-order valence-corrected chi connectivity index (χ3v) is 4.01. The van der Waals surface area contributed by atoms with Gasteiger partial charge in [-0.05, 0) is 54.8 Å². The van der Waals surface area contributed by atoms with Crippen LogP contribution in [0.25, 0.3) is 23.1 Å². The summed E-state index contributed by atoms with van der Waals surface area (Å²) >= 11 is 6.02. The van der Waals surface area contributed by atoms with Crippen molar-refractivity contribution < 1.29 is 44.2 Å². The van der Waals surface area contributed by atoms with E-state index in [1.165, 1.54) is 0 Å². The molecule has 1 heterocycles. The number of halogens is 1. The first-order valence-electron chi connectivity index (χ1n) is 8.27. The molecule has 27 heavy (non-hydrogen) atoms. The number of carboxylic acids is 1. The molecule has 0 aliphatic carbocycles. The Hall–Kier alpha value is -1.85. The summed E-state index contributed by atoms with van der Waals surface area (Å²) in [4.78, 5) is 15.0. The molecule has 0 spiro atoms. The van der Waals surface area contributed by atoms with E-state index in [-0.39, 0.29) is 36.0 Å². The molecule has 0 saturated heterocycles. The van der Waals surface area contributed by atoms with E-state index in [9.17, 15) is 9.90 Å². The first kappa shape index (κ1) is 21.5. The molecular weight excluding hydrogens is 373 g/mol. The van der Waals surface area contributed by atoms with Crippen LogP contribution in [0.3, 0.4) is 0 Å². The molecule has 3 rings (SSSR count). The first-order valence-corrected chi connectivity index (χ1v) is 8.65. The normalized spacial score (nSPS) is 10.7. The van der Waals surface area contributed by atoms with Crippen LogP contribution in [0.4, 0.5) is 0 Å². The second kappa shape index (κ2) is 10.5. The van der Waals surface area contributed by atoms with Gasteiger partial charge in [0, 0.05) is 16.4 Å². The smallest absolute Gasteiger partial charge is 0.550 e. The molecule has 0 fully saturated rings. The van der Waals surface area contributed by atoms with Crippen LogP contribution in [0.1, 0.15) is 24.1 Å². The molecule has 0 bridgehead atoms. The van der Waals surface area contributed by atoms with Crippen LogP contribution in [-0.2, 0) is 4.79 Å². The summed E-state index contributed by atoms with van der Waals surface area (Å²) < 4.78 is 5.56. The molecule has 0 saturated carbocycles. The maximum atomic E-state index is 10.4. The Morgan fingerprint density at radius 2 is 1.93 bits per heavy atom. The number of hydrogen-bond acceptors (Lipinski definition) is 4. The number of nitrogens with zero attached hydrogens (tertiary/aromatic N) is 1. The van der Waals surface area contributed by atoms with Crippen LogP contribution in [0.2, 0.25) is 5.02 Å². The quantitative estimate of drug-likeness (QED) is 0.446. The number of carbonyl (C=O) groups is 1. The van der Waals surface area contributed by atoms with Crippen LogP contribution in [0, 0.1) is 0 Å². The summed E-state index contributed by atoms with van der Waals surface area (Å²) in [6.07, 6.45) is 4.30. The van der Waals surface area contributed by atoms with E-state index in [1.54, 1.807) is 0 Å². The van der Waals surface area contributed by atoms with Gasteiger partial charge < -0.3 is 14.6 Å². The average molecular weight is 390 g/mol. The fourth-order valence-corrected chi connectivity index (χ4v) is 2.66. The molecule has 0 N–H and O–H groups in total. The van der Waals surface area contributed by atoms with E-state index in [0.29, 0.717) is 23.8 Å². The van der Waals surface area contributed by atoms with Crippen molar-refractivity contribution in [3.63, 3.8) is 0 Å². The van der Waals surface area contributed by atoms with Gasteiger partial charge in [0.05, 0.1) is 17.8 Å². The number of aliphatic carboxylic acids is 1. The molecule has 1 aromatic heterocycles. The molecule has 3 aromatic rings. The molecule has 0 radical (unpaired) electrons. The fraction of sp³-hybridized carbons (Fsp3) is 0.143. The number of pyridine rings is 1. The number of benzene rings is 2. The number of rotatable bonds is 7. The van der Waals surface area contributed by atoms with Gasteiger partial charge in [0.15, 0.2) is 0 Å². The minimum Gasteiger partial charge on any atom is -0.550 e. The van der Waals surface area contributed by atoms with Crippen LogP contribution < -0.4 is 39.4 Å². The van der Waals surface area contributed by atoms with Gasteiger partial charge in [-0.15, -0.1) is 0 Å². The predicted molar refractivity (Wildman–Crippen MR) is 102 cm³/mol. The van der Waals surface area contributed by atoms with Gasteiger partial charge in [-0.3, -0.25) is 0 Å². The van der Waals surface area contributed by atoms with Gasteiger partial charge in [-0.2, -0.15) is 0 Å². The van der Waals surface area contributed by atoms with E-state index >= 15 is 0 Å². The maximum Gasteiger partial charge on any atom is 1.00 e. The Morgan fingerprint density at radius 1 is 1.11 bits per heavy atom. The van der Waals surface area contributed by atoms with E-state index in [2.05, 4.69) is 4.98 Å². The zero-order chi connectivity index (χ0) is 18.4. The predicted octanol–water partition coefficient (Wildman–Crippen LogP) is 0.971. The maximum absolute atomic E-state index is 10.4. The van der Waals surface area contributed by atoms with E-state index < -0.39 is 5.97 Å². The van der Waals surface area contributed by atoms with E-state index in [4.69, 9.17) is 16.3 Å². The van der Waals surface area contributed by atoms with Crippen LogP contribution >= 0.6 is 11.6 Å². The van der Waals surface area contributed by atoms with Crippen LogP contribution in [-0.4, -0.2) is 17.6 Å². The van der Waals surface area contributed by atoms with Crippen molar-refractivity contribution in [2.24, 2.45) is 0 Å².